The van der Waals surface area contributed by atoms with E-state index in [4.69, 9.17) is 23.2 Å². The van der Waals surface area contributed by atoms with Crippen LogP contribution in [0.25, 0.3) is 11.1 Å². The third-order valence-corrected chi connectivity index (χ3v) is 4.86. The van der Waals surface area contributed by atoms with Crippen LogP contribution in [0.2, 0.25) is 10.0 Å². The van der Waals surface area contributed by atoms with E-state index >= 15 is 0 Å². The Morgan fingerprint density at radius 3 is 2.39 bits per heavy atom. The van der Waals surface area contributed by atoms with Gasteiger partial charge in [0.25, 0.3) is 0 Å². The number of H-pyrrole nitrogens is 1. The van der Waals surface area contributed by atoms with E-state index in [1.54, 1.807) is 36.2 Å². The molecule has 0 unspecified atom stereocenters. The van der Waals surface area contributed by atoms with Crippen LogP contribution in [0.3, 0.4) is 0 Å². The molecule has 2 nitrogen and oxygen atoms in total. The highest BCUT2D eigenvalue weighted by Gasteiger charge is 2.18. The molecule has 1 heterocycles. The van der Waals surface area contributed by atoms with Gasteiger partial charge < -0.3 is 4.98 Å². The second-order valence-electron chi connectivity index (χ2n) is 4.96. The standard InChI is InChI=1S/C18H13Cl2NOS/c1-23-13-5-2-11(3-6-13)15-9-21-10-16(15)18(22)14-7-4-12(19)8-17(14)20/h2-10,21H,1H3. The number of halogens is 2. The lowest BCUT2D eigenvalue weighted by Crippen LogP contribution is -2.02. The Kier molecular flexibility index (Phi) is 4.81. The summed E-state index contributed by atoms with van der Waals surface area (Å²) in [7, 11) is 0. The Labute approximate surface area is 148 Å². The molecule has 1 aromatic heterocycles. The first-order valence-electron chi connectivity index (χ1n) is 6.91. The molecule has 0 saturated heterocycles. The highest BCUT2D eigenvalue weighted by atomic mass is 35.5. The average Bonchev–Trinajstić information content (AvgIpc) is 3.04. The maximum atomic E-state index is 12.8. The molecule has 23 heavy (non-hydrogen) atoms. The molecule has 0 spiro atoms. The van der Waals surface area contributed by atoms with E-state index < -0.39 is 0 Å². The summed E-state index contributed by atoms with van der Waals surface area (Å²) in [5, 5.41) is 0.862. The molecule has 0 amide bonds. The van der Waals surface area contributed by atoms with Crippen molar-refractivity contribution in [1.82, 2.24) is 4.98 Å². The second-order valence-corrected chi connectivity index (χ2v) is 6.69. The first-order chi connectivity index (χ1) is 11.1. The minimum Gasteiger partial charge on any atom is -0.366 e. The molecule has 0 fully saturated rings. The van der Waals surface area contributed by atoms with Crippen molar-refractivity contribution in [3.05, 3.63) is 76.0 Å². The van der Waals surface area contributed by atoms with Crippen LogP contribution in [0.4, 0.5) is 0 Å². The molecule has 0 aliphatic carbocycles. The highest BCUT2D eigenvalue weighted by molar-refractivity contribution is 7.98. The minimum atomic E-state index is -0.128. The lowest BCUT2D eigenvalue weighted by atomic mass is 9.98. The first-order valence-corrected chi connectivity index (χ1v) is 8.89. The highest BCUT2D eigenvalue weighted by Crippen LogP contribution is 2.30. The van der Waals surface area contributed by atoms with Gasteiger partial charge in [0.2, 0.25) is 0 Å². The topological polar surface area (TPSA) is 32.9 Å². The maximum Gasteiger partial charge on any atom is 0.196 e. The SMILES string of the molecule is CSc1ccc(-c2c[nH]cc2C(=O)c2ccc(Cl)cc2Cl)cc1. The number of benzene rings is 2. The minimum absolute atomic E-state index is 0.128. The molecular formula is C18H13Cl2NOS. The van der Waals surface area contributed by atoms with Crippen molar-refractivity contribution in [2.45, 2.75) is 4.90 Å². The smallest absolute Gasteiger partial charge is 0.196 e. The van der Waals surface area contributed by atoms with Gasteiger partial charge in [0.15, 0.2) is 5.78 Å². The molecule has 0 saturated carbocycles. The zero-order valence-corrected chi connectivity index (χ0v) is 14.6. The van der Waals surface area contributed by atoms with Crippen LogP contribution >= 0.6 is 35.0 Å². The number of carbonyl (C=O) groups excluding carboxylic acids is 1. The van der Waals surface area contributed by atoms with Gasteiger partial charge in [0.05, 0.1) is 5.02 Å². The van der Waals surface area contributed by atoms with Crippen molar-refractivity contribution in [3.63, 3.8) is 0 Å². The summed E-state index contributed by atoms with van der Waals surface area (Å²) in [6, 6.07) is 13.0. The van der Waals surface area contributed by atoms with Gasteiger partial charge in [0.1, 0.15) is 0 Å². The Morgan fingerprint density at radius 2 is 1.74 bits per heavy atom. The summed E-state index contributed by atoms with van der Waals surface area (Å²) in [5.41, 5.74) is 2.87. The number of aromatic nitrogens is 1. The van der Waals surface area contributed by atoms with Crippen molar-refractivity contribution >= 4 is 40.7 Å². The zero-order valence-electron chi connectivity index (χ0n) is 12.3. The lowest BCUT2D eigenvalue weighted by molar-refractivity contribution is 0.103. The van der Waals surface area contributed by atoms with Crippen LogP contribution in [0.15, 0.2) is 59.8 Å². The molecule has 1 N–H and O–H groups in total. The van der Waals surface area contributed by atoms with Gasteiger partial charge in [-0.1, -0.05) is 35.3 Å². The molecule has 0 aliphatic rings. The van der Waals surface area contributed by atoms with Crippen LogP contribution in [0.5, 0.6) is 0 Å². The quantitative estimate of drug-likeness (QED) is 0.460. The van der Waals surface area contributed by atoms with Gasteiger partial charge in [-0.3, -0.25) is 4.79 Å². The van der Waals surface area contributed by atoms with Crippen molar-refractivity contribution in [2.24, 2.45) is 0 Å². The molecule has 0 atom stereocenters. The number of aromatic amines is 1. The molecule has 0 aliphatic heterocycles. The summed E-state index contributed by atoms with van der Waals surface area (Å²) in [6.07, 6.45) is 5.55. The van der Waals surface area contributed by atoms with E-state index in [1.165, 1.54) is 4.90 Å². The Balaban J connectivity index is 2.01. The van der Waals surface area contributed by atoms with Crippen molar-refractivity contribution in [3.8, 4) is 11.1 Å². The van der Waals surface area contributed by atoms with Crippen LogP contribution in [0.1, 0.15) is 15.9 Å². The monoisotopic (exact) mass is 361 g/mol. The van der Waals surface area contributed by atoms with Crippen LogP contribution in [-0.4, -0.2) is 17.0 Å². The van der Waals surface area contributed by atoms with Crippen molar-refractivity contribution in [1.29, 1.82) is 0 Å². The van der Waals surface area contributed by atoms with E-state index in [9.17, 15) is 4.79 Å². The van der Waals surface area contributed by atoms with E-state index in [-0.39, 0.29) is 5.78 Å². The van der Waals surface area contributed by atoms with E-state index in [1.807, 2.05) is 36.7 Å². The summed E-state index contributed by atoms with van der Waals surface area (Å²) in [5.74, 6) is -0.128. The van der Waals surface area contributed by atoms with Gasteiger partial charge in [0, 0.05) is 39.0 Å². The zero-order chi connectivity index (χ0) is 16.4. The largest absolute Gasteiger partial charge is 0.366 e. The fraction of sp³-hybridized carbons (Fsp3) is 0.0556. The number of hydrogen-bond acceptors (Lipinski definition) is 2. The van der Waals surface area contributed by atoms with E-state index in [0.29, 0.717) is 21.2 Å². The average molecular weight is 362 g/mol. The maximum absolute atomic E-state index is 12.8. The van der Waals surface area contributed by atoms with Gasteiger partial charge >= 0.3 is 0 Å². The molecule has 0 radical (unpaired) electrons. The van der Waals surface area contributed by atoms with Crippen LogP contribution in [0, 0.1) is 0 Å². The summed E-state index contributed by atoms with van der Waals surface area (Å²) in [6.45, 7) is 0. The normalized spacial score (nSPS) is 10.7. The summed E-state index contributed by atoms with van der Waals surface area (Å²) in [4.78, 5) is 17.0. The molecular weight excluding hydrogens is 349 g/mol. The predicted molar refractivity (Wildman–Crippen MR) is 97.9 cm³/mol. The van der Waals surface area contributed by atoms with E-state index in [0.717, 1.165) is 11.1 Å². The Bertz CT molecular complexity index is 856. The van der Waals surface area contributed by atoms with Gasteiger partial charge in [-0.2, -0.15) is 0 Å². The third-order valence-electron chi connectivity index (χ3n) is 3.57. The molecule has 2 aromatic carbocycles. The fourth-order valence-electron chi connectivity index (χ4n) is 2.38. The Hall–Kier alpha value is -1.68. The summed E-state index contributed by atoms with van der Waals surface area (Å²) < 4.78 is 0. The van der Waals surface area contributed by atoms with Gasteiger partial charge in [-0.15, -0.1) is 11.8 Å². The number of thioether (sulfide) groups is 1. The first kappa shape index (κ1) is 16.2. The number of nitrogens with one attached hydrogen (secondary N) is 1. The van der Waals surface area contributed by atoms with Crippen molar-refractivity contribution in [2.75, 3.05) is 6.26 Å². The molecule has 116 valence electrons. The lowest BCUT2D eigenvalue weighted by Gasteiger charge is -2.06. The van der Waals surface area contributed by atoms with Crippen molar-refractivity contribution < 1.29 is 4.79 Å². The molecule has 0 bridgehead atoms. The number of rotatable bonds is 4. The fourth-order valence-corrected chi connectivity index (χ4v) is 3.28. The number of hydrogen-bond donors (Lipinski definition) is 1. The van der Waals surface area contributed by atoms with E-state index in [2.05, 4.69) is 4.98 Å². The summed E-state index contributed by atoms with van der Waals surface area (Å²) >= 11 is 13.7. The molecule has 3 rings (SSSR count). The molecule has 5 heteroatoms. The predicted octanol–water partition coefficient (Wildman–Crippen LogP) is 5.94. The van der Waals surface area contributed by atoms with Crippen LogP contribution in [-0.2, 0) is 0 Å². The number of carbonyl (C=O) groups is 1. The van der Waals surface area contributed by atoms with Crippen LogP contribution < -0.4 is 0 Å². The molecule has 3 aromatic rings. The number of ketones is 1. The van der Waals surface area contributed by atoms with Gasteiger partial charge in [-0.25, -0.2) is 0 Å². The third kappa shape index (κ3) is 3.32. The second kappa shape index (κ2) is 6.83. The van der Waals surface area contributed by atoms with Gasteiger partial charge in [-0.05, 0) is 42.2 Å². The Morgan fingerprint density at radius 1 is 1.00 bits per heavy atom.